The molecule has 0 saturated heterocycles. The fourth-order valence-electron chi connectivity index (χ4n) is 5.30. The molecular weight excluding hydrogens is 400 g/mol. The van der Waals surface area contributed by atoms with Crippen LogP contribution in [0.25, 0.3) is 55.0 Å². The number of benzene rings is 5. The van der Waals surface area contributed by atoms with Crippen molar-refractivity contribution in [3.8, 4) is 11.4 Å². The van der Waals surface area contributed by atoms with Gasteiger partial charge in [-0.15, -0.1) is 0 Å². The van der Waals surface area contributed by atoms with E-state index in [0.29, 0.717) is 0 Å². The maximum atomic E-state index is 2.41. The van der Waals surface area contributed by atoms with Crippen LogP contribution in [0.5, 0.6) is 0 Å². The summed E-state index contributed by atoms with van der Waals surface area (Å²) in [5.41, 5.74) is 8.61. The lowest BCUT2D eigenvalue weighted by Gasteiger charge is -2.09. The summed E-state index contributed by atoms with van der Waals surface area (Å²) in [4.78, 5) is 0. The molecule has 0 bridgehead atoms. The van der Waals surface area contributed by atoms with Crippen molar-refractivity contribution in [1.82, 2.24) is 9.13 Å². The maximum Gasteiger partial charge on any atom is 0.0548 e. The summed E-state index contributed by atoms with van der Waals surface area (Å²) in [6.07, 6.45) is 0. The number of nitrogens with zero attached hydrogens (tertiary/aromatic N) is 2. The van der Waals surface area contributed by atoms with Crippen molar-refractivity contribution in [3.05, 3.63) is 121 Å². The summed E-state index contributed by atoms with van der Waals surface area (Å²) >= 11 is 0. The van der Waals surface area contributed by atoms with Gasteiger partial charge in [-0.05, 0) is 61.0 Å². The molecule has 7 aromatic rings. The number of para-hydroxylation sites is 3. The van der Waals surface area contributed by atoms with Gasteiger partial charge in [0, 0.05) is 32.9 Å². The van der Waals surface area contributed by atoms with Crippen molar-refractivity contribution < 1.29 is 0 Å². The van der Waals surface area contributed by atoms with Crippen LogP contribution < -0.4 is 0 Å². The first-order valence-electron chi connectivity index (χ1n) is 11.4. The van der Waals surface area contributed by atoms with Crippen LogP contribution in [0, 0.1) is 6.92 Å². The Labute approximate surface area is 191 Å². The van der Waals surface area contributed by atoms with Gasteiger partial charge in [-0.3, -0.25) is 0 Å². The lowest BCUT2D eigenvalue weighted by molar-refractivity contribution is 1.17. The molecule has 0 saturated carbocycles. The molecule has 0 aliphatic carbocycles. The predicted molar refractivity (Wildman–Crippen MR) is 140 cm³/mol. The van der Waals surface area contributed by atoms with Crippen LogP contribution in [0.2, 0.25) is 0 Å². The summed E-state index contributed by atoms with van der Waals surface area (Å²) in [7, 11) is 0. The highest BCUT2D eigenvalue weighted by Crippen LogP contribution is 2.39. The van der Waals surface area contributed by atoms with Gasteiger partial charge in [0.1, 0.15) is 0 Å². The monoisotopic (exact) mass is 422 g/mol. The lowest BCUT2D eigenvalue weighted by atomic mass is 10.1. The largest absolute Gasteiger partial charge is 0.309 e. The number of fused-ring (bicyclic) bond motifs is 6. The van der Waals surface area contributed by atoms with Gasteiger partial charge in [0.15, 0.2) is 0 Å². The molecule has 0 unspecified atom stereocenters. The number of hydrogen-bond donors (Lipinski definition) is 0. The van der Waals surface area contributed by atoms with Crippen LogP contribution >= 0.6 is 0 Å². The van der Waals surface area contributed by atoms with Crippen LogP contribution in [-0.2, 0) is 0 Å². The zero-order valence-electron chi connectivity index (χ0n) is 18.4. The molecule has 0 amide bonds. The first-order chi connectivity index (χ1) is 16.3. The average Bonchev–Trinajstić information content (AvgIpc) is 3.35. The second kappa shape index (κ2) is 6.85. The second-order valence-electron chi connectivity index (χ2n) is 8.77. The summed E-state index contributed by atoms with van der Waals surface area (Å²) in [6, 6.07) is 41.6. The third-order valence-corrected chi connectivity index (χ3v) is 6.74. The SMILES string of the molecule is Cc1ccc2c3cc4c(cc3n(-c3ccccc3)c2c1)c1ccccc1n4-c1ccccc1. The predicted octanol–water partition coefficient (Wildman–Crippen LogP) is 8.19. The number of aryl methyl sites for hydroxylation is 1. The van der Waals surface area contributed by atoms with E-state index < -0.39 is 0 Å². The van der Waals surface area contributed by atoms with Crippen molar-refractivity contribution >= 4 is 43.6 Å². The van der Waals surface area contributed by atoms with Gasteiger partial charge in [-0.25, -0.2) is 0 Å². The Morgan fingerprint density at radius 1 is 0.394 bits per heavy atom. The van der Waals surface area contributed by atoms with E-state index in [1.54, 1.807) is 0 Å². The standard InChI is InChI=1S/C31H22N2/c1-21-16-17-25-27-20-30-26(19-31(27)33(29(25)18-21)23-12-6-3-7-13-23)24-14-8-9-15-28(24)32(30)22-10-4-2-5-11-22/h2-20H,1H3. The quantitative estimate of drug-likeness (QED) is 0.266. The Morgan fingerprint density at radius 2 is 0.879 bits per heavy atom. The molecule has 0 radical (unpaired) electrons. The van der Waals surface area contributed by atoms with Crippen LogP contribution in [0.4, 0.5) is 0 Å². The molecule has 0 aliphatic heterocycles. The molecule has 2 nitrogen and oxygen atoms in total. The first kappa shape index (κ1) is 18.3. The van der Waals surface area contributed by atoms with E-state index in [2.05, 4.69) is 131 Å². The van der Waals surface area contributed by atoms with E-state index in [4.69, 9.17) is 0 Å². The first-order valence-corrected chi connectivity index (χ1v) is 11.4. The molecule has 0 atom stereocenters. The fourth-order valence-corrected chi connectivity index (χ4v) is 5.30. The smallest absolute Gasteiger partial charge is 0.0548 e. The van der Waals surface area contributed by atoms with Gasteiger partial charge in [0.05, 0.1) is 22.1 Å². The fraction of sp³-hybridized carbons (Fsp3) is 0.0323. The topological polar surface area (TPSA) is 9.86 Å². The Balaban J connectivity index is 1.71. The van der Waals surface area contributed by atoms with Crippen molar-refractivity contribution in [2.24, 2.45) is 0 Å². The molecule has 0 N–H and O–H groups in total. The third kappa shape index (κ3) is 2.61. The molecule has 0 spiro atoms. The Hall–Kier alpha value is -4.30. The van der Waals surface area contributed by atoms with Crippen LogP contribution in [-0.4, -0.2) is 9.13 Å². The molecule has 2 aromatic heterocycles. The molecule has 0 fully saturated rings. The highest BCUT2D eigenvalue weighted by molar-refractivity contribution is 6.19. The number of hydrogen-bond acceptors (Lipinski definition) is 0. The molecule has 33 heavy (non-hydrogen) atoms. The number of rotatable bonds is 2. The van der Waals surface area contributed by atoms with Crippen LogP contribution in [0.15, 0.2) is 115 Å². The zero-order chi connectivity index (χ0) is 21.9. The van der Waals surface area contributed by atoms with Gasteiger partial charge in [0.25, 0.3) is 0 Å². The van der Waals surface area contributed by atoms with E-state index in [1.807, 2.05) is 0 Å². The van der Waals surface area contributed by atoms with Crippen molar-refractivity contribution in [1.29, 1.82) is 0 Å². The summed E-state index contributed by atoms with van der Waals surface area (Å²) in [5.74, 6) is 0. The molecule has 156 valence electrons. The number of aromatic nitrogens is 2. The molecule has 7 rings (SSSR count). The molecular formula is C31H22N2. The Kier molecular flexibility index (Phi) is 3.80. The minimum atomic E-state index is 1.19. The highest BCUT2D eigenvalue weighted by Gasteiger charge is 2.18. The zero-order valence-corrected chi connectivity index (χ0v) is 18.4. The van der Waals surface area contributed by atoms with Crippen LogP contribution in [0.1, 0.15) is 5.56 Å². The van der Waals surface area contributed by atoms with Crippen molar-refractivity contribution in [2.45, 2.75) is 6.92 Å². The van der Waals surface area contributed by atoms with Crippen LogP contribution in [0.3, 0.4) is 0 Å². The van der Waals surface area contributed by atoms with E-state index in [0.717, 1.165) is 0 Å². The van der Waals surface area contributed by atoms with E-state index >= 15 is 0 Å². The summed E-state index contributed by atoms with van der Waals surface area (Å²) < 4.78 is 4.80. The molecule has 5 aromatic carbocycles. The third-order valence-electron chi connectivity index (χ3n) is 6.74. The van der Waals surface area contributed by atoms with Gasteiger partial charge in [-0.1, -0.05) is 66.7 Å². The Morgan fingerprint density at radius 3 is 1.52 bits per heavy atom. The van der Waals surface area contributed by atoms with E-state index in [-0.39, 0.29) is 0 Å². The molecule has 0 aliphatic rings. The molecule has 2 heterocycles. The minimum Gasteiger partial charge on any atom is -0.309 e. The van der Waals surface area contributed by atoms with Gasteiger partial charge in [-0.2, -0.15) is 0 Å². The van der Waals surface area contributed by atoms with E-state index in [1.165, 1.54) is 60.5 Å². The highest BCUT2D eigenvalue weighted by atomic mass is 15.0. The molecule has 2 heteroatoms. The van der Waals surface area contributed by atoms with Crippen molar-refractivity contribution in [2.75, 3.05) is 0 Å². The van der Waals surface area contributed by atoms with Gasteiger partial charge >= 0.3 is 0 Å². The van der Waals surface area contributed by atoms with Gasteiger partial charge in [0.2, 0.25) is 0 Å². The average molecular weight is 423 g/mol. The second-order valence-corrected chi connectivity index (χ2v) is 8.77. The maximum absolute atomic E-state index is 2.41. The van der Waals surface area contributed by atoms with Crippen molar-refractivity contribution in [3.63, 3.8) is 0 Å². The summed E-state index contributed by atoms with van der Waals surface area (Å²) in [5, 5.41) is 5.12. The normalized spacial score (nSPS) is 11.8. The Bertz CT molecular complexity index is 1800. The summed E-state index contributed by atoms with van der Waals surface area (Å²) in [6.45, 7) is 2.17. The van der Waals surface area contributed by atoms with E-state index in [9.17, 15) is 0 Å². The minimum absolute atomic E-state index is 1.19. The lowest BCUT2D eigenvalue weighted by Crippen LogP contribution is -1.94. The van der Waals surface area contributed by atoms with Gasteiger partial charge < -0.3 is 9.13 Å².